The maximum Gasteiger partial charge on any atom is 0.315 e. The maximum absolute atomic E-state index is 11.7. The molecule has 110 valence electrons. The Hall–Kier alpha value is -1.08. The van der Waals surface area contributed by atoms with E-state index in [9.17, 15) is 9.59 Å². The lowest BCUT2D eigenvalue weighted by molar-refractivity contribution is -0.142. The molecule has 3 N–H and O–H groups in total. The van der Waals surface area contributed by atoms with Gasteiger partial charge in [0.1, 0.15) is 0 Å². The first-order valence-corrected chi connectivity index (χ1v) is 8.21. The number of rotatable bonds is 5. The van der Waals surface area contributed by atoms with Crippen molar-refractivity contribution in [2.24, 2.45) is 11.8 Å². The molecule has 2 rings (SSSR count). The molecule has 0 spiro atoms. The summed E-state index contributed by atoms with van der Waals surface area (Å²) in [5, 5.41) is 16.6. The van der Waals surface area contributed by atoms with Crippen LogP contribution in [0.1, 0.15) is 24.1 Å². The summed E-state index contributed by atoms with van der Waals surface area (Å²) in [4.78, 5) is 23.8. The Morgan fingerprint density at radius 1 is 1.40 bits per heavy atom. The molecule has 2 atom stereocenters. The van der Waals surface area contributed by atoms with Crippen LogP contribution in [0.4, 0.5) is 4.79 Å². The number of hydrogen-bond donors (Lipinski definition) is 3. The summed E-state index contributed by atoms with van der Waals surface area (Å²) in [6, 6.07) is 1.72. The molecule has 0 bridgehead atoms. The Labute approximate surface area is 129 Å². The molecule has 1 aliphatic rings. The van der Waals surface area contributed by atoms with E-state index in [0.717, 1.165) is 22.2 Å². The molecule has 1 aliphatic carbocycles. The monoisotopic (exact) mass is 360 g/mol. The van der Waals surface area contributed by atoms with Gasteiger partial charge in [0.15, 0.2) is 0 Å². The third-order valence-corrected chi connectivity index (χ3v) is 5.24. The van der Waals surface area contributed by atoms with Gasteiger partial charge < -0.3 is 15.7 Å². The summed E-state index contributed by atoms with van der Waals surface area (Å²) in [6.07, 6.45) is 2.51. The highest BCUT2D eigenvalue weighted by molar-refractivity contribution is 9.10. The van der Waals surface area contributed by atoms with E-state index in [4.69, 9.17) is 5.11 Å². The summed E-state index contributed by atoms with van der Waals surface area (Å²) in [7, 11) is 0. The number of carboxylic acids is 1. The maximum atomic E-state index is 11.7. The number of hydrogen-bond acceptors (Lipinski definition) is 3. The fraction of sp³-hybridized carbons (Fsp3) is 0.538. The van der Waals surface area contributed by atoms with Gasteiger partial charge in [-0.1, -0.05) is 6.42 Å². The van der Waals surface area contributed by atoms with Gasteiger partial charge in [0.2, 0.25) is 0 Å². The second kappa shape index (κ2) is 7.08. The number of carboxylic acid groups (broad SMARTS) is 1. The first-order valence-electron chi connectivity index (χ1n) is 6.53. The molecule has 1 fully saturated rings. The lowest BCUT2D eigenvalue weighted by Gasteiger charge is -2.16. The third kappa shape index (κ3) is 4.21. The largest absolute Gasteiger partial charge is 0.481 e. The molecular weight excluding hydrogens is 344 g/mol. The van der Waals surface area contributed by atoms with Crippen molar-refractivity contribution >= 4 is 39.3 Å². The van der Waals surface area contributed by atoms with Crippen molar-refractivity contribution in [2.45, 2.75) is 25.8 Å². The van der Waals surface area contributed by atoms with Gasteiger partial charge in [-0.05, 0) is 40.8 Å². The van der Waals surface area contributed by atoms with Gasteiger partial charge in [-0.3, -0.25) is 4.79 Å². The van der Waals surface area contributed by atoms with Gasteiger partial charge in [-0.25, -0.2) is 4.79 Å². The molecule has 2 amide bonds. The van der Waals surface area contributed by atoms with E-state index in [0.29, 0.717) is 19.5 Å². The summed E-state index contributed by atoms with van der Waals surface area (Å²) in [5.74, 6) is -1.02. The normalized spacial score (nSPS) is 21.6. The zero-order chi connectivity index (χ0) is 14.5. The Morgan fingerprint density at radius 2 is 2.20 bits per heavy atom. The molecule has 20 heavy (non-hydrogen) atoms. The van der Waals surface area contributed by atoms with Gasteiger partial charge in [-0.2, -0.15) is 0 Å². The van der Waals surface area contributed by atoms with Crippen LogP contribution < -0.4 is 10.6 Å². The number of nitrogens with one attached hydrogen (secondary N) is 2. The number of aliphatic carboxylic acids is 1. The van der Waals surface area contributed by atoms with Crippen LogP contribution in [0.3, 0.4) is 0 Å². The molecule has 0 saturated heterocycles. The quantitative estimate of drug-likeness (QED) is 0.755. The number of carbonyl (C=O) groups excluding carboxylic acids is 1. The predicted octanol–water partition coefficient (Wildman–Crippen LogP) is 2.81. The molecule has 7 heteroatoms. The van der Waals surface area contributed by atoms with Crippen LogP contribution >= 0.6 is 27.3 Å². The fourth-order valence-electron chi connectivity index (χ4n) is 2.51. The lowest BCUT2D eigenvalue weighted by atomic mass is 9.96. The second-order valence-electron chi connectivity index (χ2n) is 4.93. The highest BCUT2D eigenvalue weighted by Gasteiger charge is 2.32. The molecule has 1 heterocycles. The van der Waals surface area contributed by atoms with Crippen molar-refractivity contribution in [3.63, 3.8) is 0 Å². The third-order valence-electron chi connectivity index (χ3n) is 3.55. The molecule has 5 nitrogen and oxygen atoms in total. The lowest BCUT2D eigenvalue weighted by Crippen LogP contribution is -2.39. The number of amides is 2. The Bertz CT molecular complexity index is 492. The van der Waals surface area contributed by atoms with E-state index >= 15 is 0 Å². The van der Waals surface area contributed by atoms with Crippen molar-refractivity contribution < 1.29 is 14.7 Å². The van der Waals surface area contributed by atoms with Crippen LogP contribution in [0.5, 0.6) is 0 Å². The summed E-state index contributed by atoms with van der Waals surface area (Å²) in [6.45, 7) is 0.909. The summed E-state index contributed by atoms with van der Waals surface area (Å²) >= 11 is 4.93. The topological polar surface area (TPSA) is 78.4 Å². The van der Waals surface area contributed by atoms with E-state index in [1.807, 2.05) is 11.4 Å². The minimum atomic E-state index is -0.752. The highest BCUT2D eigenvalue weighted by Crippen LogP contribution is 2.31. The smallest absolute Gasteiger partial charge is 0.315 e. The molecule has 1 aromatic rings. The first-order chi connectivity index (χ1) is 9.56. The standard InChI is InChI=1S/C13H17BrN2O3S/c14-9-4-10(20-7-9)6-16-13(19)15-5-8-2-1-3-11(8)12(17)18/h4,7-8,11H,1-3,5-6H2,(H,17,18)(H2,15,16,19). The molecular formula is C13H17BrN2O3S. The molecule has 1 saturated carbocycles. The van der Waals surface area contributed by atoms with Crippen LogP contribution in [0.2, 0.25) is 0 Å². The van der Waals surface area contributed by atoms with Crippen molar-refractivity contribution in [3.05, 3.63) is 20.8 Å². The molecule has 0 aromatic carbocycles. The fourth-order valence-corrected chi connectivity index (χ4v) is 3.90. The zero-order valence-electron chi connectivity index (χ0n) is 10.9. The molecule has 0 aliphatic heterocycles. The average Bonchev–Trinajstić information content (AvgIpc) is 3.02. The number of thiophene rings is 1. The SMILES string of the molecule is O=C(NCc1cc(Br)cs1)NCC1CCCC1C(=O)O. The first kappa shape index (κ1) is 15.3. The van der Waals surface area contributed by atoms with Crippen LogP contribution in [0.15, 0.2) is 15.9 Å². The number of halogens is 1. The Balaban J connectivity index is 1.71. The molecule has 1 aromatic heterocycles. The number of carbonyl (C=O) groups is 2. The van der Waals surface area contributed by atoms with E-state index in [1.165, 1.54) is 0 Å². The molecule has 0 radical (unpaired) electrons. The van der Waals surface area contributed by atoms with Gasteiger partial charge in [0, 0.05) is 21.3 Å². The van der Waals surface area contributed by atoms with Crippen LogP contribution in [-0.2, 0) is 11.3 Å². The van der Waals surface area contributed by atoms with Crippen LogP contribution in [0.25, 0.3) is 0 Å². The van der Waals surface area contributed by atoms with Crippen molar-refractivity contribution in [1.82, 2.24) is 10.6 Å². The van der Waals surface area contributed by atoms with Gasteiger partial charge in [-0.15, -0.1) is 11.3 Å². The van der Waals surface area contributed by atoms with E-state index in [-0.39, 0.29) is 17.9 Å². The van der Waals surface area contributed by atoms with Crippen molar-refractivity contribution in [3.8, 4) is 0 Å². The number of urea groups is 1. The Morgan fingerprint density at radius 3 is 2.85 bits per heavy atom. The van der Waals surface area contributed by atoms with Gasteiger partial charge >= 0.3 is 12.0 Å². The highest BCUT2D eigenvalue weighted by atomic mass is 79.9. The van der Waals surface area contributed by atoms with Crippen molar-refractivity contribution in [2.75, 3.05) is 6.54 Å². The Kier molecular flexibility index (Phi) is 5.42. The van der Waals surface area contributed by atoms with E-state index < -0.39 is 5.97 Å². The summed E-state index contributed by atoms with van der Waals surface area (Å²) in [5.41, 5.74) is 0. The van der Waals surface area contributed by atoms with E-state index in [2.05, 4.69) is 26.6 Å². The molecule has 2 unspecified atom stereocenters. The minimum Gasteiger partial charge on any atom is -0.481 e. The van der Waals surface area contributed by atoms with Crippen molar-refractivity contribution in [1.29, 1.82) is 0 Å². The zero-order valence-corrected chi connectivity index (χ0v) is 13.3. The van der Waals surface area contributed by atoms with Crippen LogP contribution in [0, 0.1) is 11.8 Å². The predicted molar refractivity (Wildman–Crippen MR) is 80.7 cm³/mol. The minimum absolute atomic E-state index is 0.0501. The average molecular weight is 361 g/mol. The second-order valence-corrected chi connectivity index (χ2v) is 6.84. The van der Waals surface area contributed by atoms with Gasteiger partial charge in [0.25, 0.3) is 0 Å². The van der Waals surface area contributed by atoms with E-state index in [1.54, 1.807) is 11.3 Å². The van der Waals surface area contributed by atoms with Crippen LogP contribution in [-0.4, -0.2) is 23.7 Å². The summed E-state index contributed by atoms with van der Waals surface area (Å²) < 4.78 is 1.01. The van der Waals surface area contributed by atoms with Gasteiger partial charge in [0.05, 0.1) is 12.5 Å².